The predicted octanol–water partition coefficient (Wildman–Crippen LogP) is 2.69. The predicted molar refractivity (Wildman–Crippen MR) is 90.8 cm³/mol. The molecule has 4 nitrogen and oxygen atoms in total. The zero-order valence-corrected chi connectivity index (χ0v) is 14.2. The fraction of sp³-hybridized carbons (Fsp3) is 0.278. The smallest absolute Gasteiger partial charge is 0.241 e. The molecule has 23 heavy (non-hydrogen) atoms. The third-order valence-electron chi connectivity index (χ3n) is 3.77. The summed E-state index contributed by atoms with van der Waals surface area (Å²) in [6.45, 7) is 2.59. The SMILES string of the molecule is CN1CCC(S(=O)(=O)c2ccccc2)C1=O.Cc1ccccc1. The van der Waals surface area contributed by atoms with E-state index in [4.69, 9.17) is 0 Å². The summed E-state index contributed by atoms with van der Waals surface area (Å²) in [7, 11) is -1.88. The molecule has 1 fully saturated rings. The van der Waals surface area contributed by atoms with Crippen LogP contribution in [-0.4, -0.2) is 38.1 Å². The Balaban J connectivity index is 0.000000229. The summed E-state index contributed by atoms with van der Waals surface area (Å²) in [4.78, 5) is 13.4. The molecule has 1 unspecified atom stereocenters. The third kappa shape index (κ3) is 4.20. The lowest BCUT2D eigenvalue weighted by Crippen LogP contribution is -2.31. The molecule has 0 bridgehead atoms. The van der Waals surface area contributed by atoms with Gasteiger partial charge in [-0.2, -0.15) is 0 Å². The van der Waals surface area contributed by atoms with E-state index in [9.17, 15) is 13.2 Å². The van der Waals surface area contributed by atoms with Crippen molar-refractivity contribution >= 4 is 15.7 Å². The van der Waals surface area contributed by atoms with Gasteiger partial charge < -0.3 is 4.90 Å². The number of hydrogen-bond donors (Lipinski definition) is 0. The summed E-state index contributed by atoms with van der Waals surface area (Å²) in [6.07, 6.45) is 0.382. The fourth-order valence-electron chi connectivity index (χ4n) is 2.39. The van der Waals surface area contributed by atoms with Crippen LogP contribution in [0.4, 0.5) is 0 Å². The van der Waals surface area contributed by atoms with Gasteiger partial charge >= 0.3 is 0 Å². The Morgan fingerprint density at radius 2 is 1.48 bits per heavy atom. The second-order valence-corrected chi connectivity index (χ2v) is 7.68. The maximum atomic E-state index is 12.1. The molecule has 1 amide bonds. The average molecular weight is 331 g/mol. The van der Waals surface area contributed by atoms with Crippen molar-refractivity contribution in [3.05, 3.63) is 66.2 Å². The molecule has 122 valence electrons. The first-order valence-electron chi connectivity index (χ1n) is 7.48. The van der Waals surface area contributed by atoms with Crippen molar-refractivity contribution in [2.24, 2.45) is 0 Å². The molecule has 1 heterocycles. The van der Waals surface area contributed by atoms with Crippen LogP contribution in [0.25, 0.3) is 0 Å². The minimum absolute atomic E-state index is 0.226. The third-order valence-corrected chi connectivity index (χ3v) is 5.88. The standard InChI is InChI=1S/C11H13NO3S.C7H8/c1-12-8-7-10(11(12)13)16(14,15)9-5-3-2-4-6-9;1-7-5-3-2-4-6-7/h2-6,10H,7-8H2,1H3;2-6H,1H3. The highest BCUT2D eigenvalue weighted by Gasteiger charge is 2.40. The average Bonchev–Trinajstić information content (AvgIpc) is 2.90. The van der Waals surface area contributed by atoms with E-state index >= 15 is 0 Å². The van der Waals surface area contributed by atoms with Crippen molar-refractivity contribution in [1.29, 1.82) is 0 Å². The van der Waals surface area contributed by atoms with Crippen LogP contribution in [0.5, 0.6) is 0 Å². The van der Waals surface area contributed by atoms with Gasteiger partial charge in [-0.05, 0) is 25.5 Å². The van der Waals surface area contributed by atoms with Gasteiger partial charge in [-0.25, -0.2) is 8.42 Å². The molecule has 1 aliphatic rings. The molecule has 1 saturated heterocycles. The Morgan fingerprint density at radius 1 is 0.957 bits per heavy atom. The zero-order chi connectivity index (χ0) is 16.9. The van der Waals surface area contributed by atoms with Gasteiger partial charge in [0.05, 0.1) is 4.90 Å². The first kappa shape index (κ1) is 17.2. The number of nitrogens with zero attached hydrogens (tertiary/aromatic N) is 1. The number of carbonyl (C=O) groups is 1. The molecule has 1 atom stereocenters. The molecule has 5 heteroatoms. The number of likely N-dealkylation sites (tertiary alicyclic amines) is 1. The molecule has 0 aromatic heterocycles. The largest absolute Gasteiger partial charge is 0.345 e. The summed E-state index contributed by atoms with van der Waals surface area (Å²) in [5, 5.41) is -0.903. The Kier molecular flexibility index (Phi) is 5.55. The number of benzene rings is 2. The molecule has 0 aliphatic carbocycles. The molecule has 2 aromatic rings. The topological polar surface area (TPSA) is 54.5 Å². The van der Waals surface area contributed by atoms with E-state index in [1.165, 1.54) is 22.6 Å². The Morgan fingerprint density at radius 3 is 1.87 bits per heavy atom. The number of sulfone groups is 1. The first-order chi connectivity index (χ1) is 10.9. The Labute approximate surface area is 137 Å². The second kappa shape index (κ2) is 7.42. The number of rotatable bonds is 2. The van der Waals surface area contributed by atoms with E-state index in [1.807, 2.05) is 18.2 Å². The van der Waals surface area contributed by atoms with Crippen molar-refractivity contribution in [2.75, 3.05) is 13.6 Å². The molecule has 3 rings (SSSR count). The maximum Gasteiger partial charge on any atom is 0.241 e. The normalized spacial score (nSPS) is 17.6. The quantitative estimate of drug-likeness (QED) is 0.850. The van der Waals surface area contributed by atoms with Gasteiger partial charge in [0.25, 0.3) is 0 Å². The van der Waals surface area contributed by atoms with E-state index in [-0.39, 0.29) is 10.8 Å². The first-order valence-corrected chi connectivity index (χ1v) is 9.03. The minimum Gasteiger partial charge on any atom is -0.345 e. The summed E-state index contributed by atoms with van der Waals surface area (Å²) in [6, 6.07) is 18.4. The van der Waals surface area contributed by atoms with Crippen molar-refractivity contribution in [3.8, 4) is 0 Å². The van der Waals surface area contributed by atoms with Gasteiger partial charge in [0, 0.05) is 13.6 Å². The number of hydrogen-bond acceptors (Lipinski definition) is 3. The van der Waals surface area contributed by atoms with E-state index in [1.54, 1.807) is 25.2 Å². The molecule has 0 spiro atoms. The highest BCUT2D eigenvalue weighted by atomic mass is 32.2. The van der Waals surface area contributed by atoms with Crippen LogP contribution in [0, 0.1) is 6.92 Å². The number of amides is 1. The van der Waals surface area contributed by atoms with Crippen LogP contribution in [0.3, 0.4) is 0 Å². The van der Waals surface area contributed by atoms with Crippen LogP contribution in [0.2, 0.25) is 0 Å². The lowest BCUT2D eigenvalue weighted by atomic mass is 10.2. The molecular weight excluding hydrogens is 310 g/mol. The van der Waals surface area contributed by atoms with Crippen LogP contribution in [-0.2, 0) is 14.6 Å². The number of aryl methyl sites for hydroxylation is 1. The maximum absolute atomic E-state index is 12.1. The van der Waals surface area contributed by atoms with E-state index in [0.717, 1.165) is 0 Å². The van der Waals surface area contributed by atoms with Gasteiger partial charge in [-0.3, -0.25) is 4.79 Å². The van der Waals surface area contributed by atoms with Crippen molar-refractivity contribution < 1.29 is 13.2 Å². The lowest BCUT2D eigenvalue weighted by Gasteiger charge is -2.11. The van der Waals surface area contributed by atoms with Crippen molar-refractivity contribution in [1.82, 2.24) is 4.90 Å². The van der Waals surface area contributed by atoms with Crippen molar-refractivity contribution in [2.45, 2.75) is 23.5 Å². The van der Waals surface area contributed by atoms with Gasteiger partial charge in [-0.1, -0.05) is 54.1 Å². The monoisotopic (exact) mass is 331 g/mol. The highest BCUT2D eigenvalue weighted by Crippen LogP contribution is 2.23. The highest BCUT2D eigenvalue weighted by molar-refractivity contribution is 7.92. The van der Waals surface area contributed by atoms with E-state index < -0.39 is 15.1 Å². The van der Waals surface area contributed by atoms with Crippen LogP contribution < -0.4 is 0 Å². The number of carbonyl (C=O) groups excluding carboxylic acids is 1. The zero-order valence-electron chi connectivity index (χ0n) is 13.3. The Bertz CT molecular complexity index is 742. The lowest BCUT2D eigenvalue weighted by molar-refractivity contribution is -0.126. The minimum atomic E-state index is -3.51. The summed E-state index contributed by atoms with van der Waals surface area (Å²) >= 11 is 0. The molecule has 1 aliphatic heterocycles. The molecule has 0 N–H and O–H groups in total. The molecule has 0 saturated carbocycles. The van der Waals surface area contributed by atoms with Crippen LogP contribution in [0.1, 0.15) is 12.0 Å². The fourth-order valence-corrected chi connectivity index (χ4v) is 4.11. The van der Waals surface area contributed by atoms with Crippen molar-refractivity contribution in [3.63, 3.8) is 0 Å². The molecular formula is C18H21NO3S. The molecule has 0 radical (unpaired) electrons. The van der Waals surface area contributed by atoms with Crippen LogP contribution in [0.15, 0.2) is 65.6 Å². The molecule has 2 aromatic carbocycles. The summed E-state index contributed by atoms with van der Waals surface area (Å²) in [5.41, 5.74) is 1.32. The van der Waals surface area contributed by atoms with Gasteiger partial charge in [0.2, 0.25) is 5.91 Å². The summed E-state index contributed by atoms with van der Waals surface area (Å²) < 4.78 is 24.3. The van der Waals surface area contributed by atoms with E-state index in [2.05, 4.69) is 19.1 Å². The summed E-state index contributed by atoms with van der Waals surface area (Å²) in [5.74, 6) is -0.302. The van der Waals surface area contributed by atoms with Gasteiger partial charge in [0.15, 0.2) is 9.84 Å². The van der Waals surface area contributed by atoms with E-state index in [0.29, 0.717) is 13.0 Å². The van der Waals surface area contributed by atoms with Crippen LogP contribution >= 0.6 is 0 Å². The second-order valence-electron chi connectivity index (χ2n) is 5.55. The van der Waals surface area contributed by atoms with Gasteiger partial charge in [0.1, 0.15) is 5.25 Å². The Hall–Kier alpha value is -2.14. The van der Waals surface area contributed by atoms with Gasteiger partial charge in [-0.15, -0.1) is 0 Å².